The van der Waals surface area contributed by atoms with E-state index in [1.54, 1.807) is 0 Å². The maximum absolute atomic E-state index is 6.03. The van der Waals surface area contributed by atoms with Gasteiger partial charge in [-0.2, -0.15) is 0 Å². The molecule has 1 aromatic rings. The molecule has 0 saturated carbocycles. The Morgan fingerprint density at radius 2 is 2.43 bits per heavy atom. The molecule has 21 heavy (non-hydrogen) atoms. The van der Waals surface area contributed by atoms with Crippen molar-refractivity contribution in [3.63, 3.8) is 0 Å². The Bertz CT molecular complexity index is 490. The highest BCUT2D eigenvalue weighted by atomic mass is 16.5. The van der Waals surface area contributed by atoms with Crippen LogP contribution in [0.3, 0.4) is 0 Å². The third-order valence-electron chi connectivity index (χ3n) is 4.07. The van der Waals surface area contributed by atoms with E-state index in [0.717, 1.165) is 45.0 Å². The molecular formula is C17H24N2O2. The van der Waals surface area contributed by atoms with Crippen molar-refractivity contribution >= 4 is 5.69 Å². The number of ether oxygens (including phenoxy) is 2. The molecule has 0 aliphatic carbocycles. The number of benzene rings is 1. The highest BCUT2D eigenvalue weighted by molar-refractivity contribution is 5.63. The fraction of sp³-hybridized carbons (Fsp3) is 0.529. The smallest absolute Gasteiger partial charge is 0.142 e. The first-order valence-electron chi connectivity index (χ1n) is 7.80. The number of rotatable bonds is 5. The number of hydrogen-bond donors (Lipinski definition) is 1. The third-order valence-corrected chi connectivity index (χ3v) is 4.07. The van der Waals surface area contributed by atoms with Crippen molar-refractivity contribution in [2.45, 2.75) is 18.9 Å². The summed E-state index contributed by atoms with van der Waals surface area (Å²) in [7, 11) is 0. The van der Waals surface area contributed by atoms with E-state index in [9.17, 15) is 0 Å². The number of para-hydroxylation sites is 1. The molecule has 4 heteroatoms. The minimum atomic E-state index is 0.137. The zero-order valence-electron chi connectivity index (χ0n) is 12.5. The molecule has 2 aliphatic rings. The Hall–Kier alpha value is -1.52. The summed E-state index contributed by atoms with van der Waals surface area (Å²) < 4.78 is 11.8. The number of nitrogens with one attached hydrogen (secondary N) is 1. The monoisotopic (exact) mass is 288 g/mol. The Balaban J connectivity index is 1.59. The van der Waals surface area contributed by atoms with Crippen LogP contribution in [0, 0.1) is 0 Å². The first-order chi connectivity index (χ1) is 10.4. The van der Waals surface area contributed by atoms with Gasteiger partial charge in [-0.3, -0.25) is 4.90 Å². The number of fused-ring (bicyclic) bond motifs is 1. The van der Waals surface area contributed by atoms with Crippen LogP contribution in [0.25, 0.3) is 0 Å². The van der Waals surface area contributed by atoms with E-state index in [2.05, 4.69) is 28.9 Å². The van der Waals surface area contributed by atoms with Gasteiger partial charge in [-0.1, -0.05) is 18.2 Å². The lowest BCUT2D eigenvalue weighted by Gasteiger charge is -2.32. The summed E-state index contributed by atoms with van der Waals surface area (Å²) in [5.41, 5.74) is 2.53. The van der Waals surface area contributed by atoms with E-state index in [-0.39, 0.29) is 6.10 Å². The van der Waals surface area contributed by atoms with Crippen LogP contribution in [-0.2, 0) is 11.2 Å². The van der Waals surface area contributed by atoms with Crippen molar-refractivity contribution < 1.29 is 9.47 Å². The van der Waals surface area contributed by atoms with Gasteiger partial charge in [0.15, 0.2) is 0 Å². The lowest BCUT2D eigenvalue weighted by molar-refractivity contribution is -0.0445. The fourth-order valence-corrected chi connectivity index (χ4v) is 3.01. The van der Waals surface area contributed by atoms with Crippen LogP contribution < -0.4 is 10.1 Å². The number of morpholine rings is 1. The van der Waals surface area contributed by atoms with E-state index in [1.165, 1.54) is 17.7 Å². The third kappa shape index (κ3) is 3.57. The maximum atomic E-state index is 6.03. The molecule has 114 valence electrons. The average Bonchev–Trinajstić information content (AvgIpc) is 2.53. The van der Waals surface area contributed by atoms with E-state index in [1.807, 2.05) is 12.1 Å². The summed E-state index contributed by atoms with van der Waals surface area (Å²) in [4.78, 5) is 2.35. The molecule has 2 heterocycles. The quantitative estimate of drug-likeness (QED) is 0.843. The van der Waals surface area contributed by atoms with E-state index in [4.69, 9.17) is 9.47 Å². The van der Waals surface area contributed by atoms with Crippen molar-refractivity contribution in [1.82, 2.24) is 4.90 Å². The second-order valence-electron chi connectivity index (χ2n) is 5.67. The Kier molecular flexibility index (Phi) is 4.78. The standard InChI is InChI=1S/C17H24N2O2/c1-2-9-19-10-11-20-15(12-19)13-21-16-7-3-5-14-6-4-8-18-17(14)16/h2-3,5,7,15,18H,1,4,6,8-13H2/t15-/m0/s1. The Labute approximate surface area is 126 Å². The topological polar surface area (TPSA) is 33.7 Å². The SMILES string of the molecule is C=CCN1CCO[C@H](COc2cccc3c2NCCC3)C1. The van der Waals surface area contributed by atoms with Crippen LogP contribution in [0.15, 0.2) is 30.9 Å². The minimum Gasteiger partial charge on any atom is -0.489 e. The number of aryl methyl sites for hydroxylation is 1. The lowest BCUT2D eigenvalue weighted by atomic mass is 10.0. The van der Waals surface area contributed by atoms with Crippen LogP contribution in [0.1, 0.15) is 12.0 Å². The molecule has 0 aromatic heterocycles. The average molecular weight is 288 g/mol. The Morgan fingerprint density at radius 1 is 1.48 bits per heavy atom. The summed E-state index contributed by atoms with van der Waals surface area (Å²) in [6.45, 7) is 9.01. The van der Waals surface area contributed by atoms with E-state index >= 15 is 0 Å². The van der Waals surface area contributed by atoms with Gasteiger partial charge in [-0.05, 0) is 24.5 Å². The summed E-state index contributed by atoms with van der Waals surface area (Å²) in [5.74, 6) is 0.955. The van der Waals surface area contributed by atoms with Crippen LogP contribution in [0.5, 0.6) is 5.75 Å². The molecule has 1 saturated heterocycles. The predicted molar refractivity (Wildman–Crippen MR) is 85.1 cm³/mol. The van der Waals surface area contributed by atoms with E-state index in [0.29, 0.717) is 6.61 Å². The van der Waals surface area contributed by atoms with E-state index < -0.39 is 0 Å². The van der Waals surface area contributed by atoms with Crippen molar-refractivity contribution in [3.8, 4) is 5.75 Å². The van der Waals surface area contributed by atoms with Gasteiger partial charge in [0, 0.05) is 26.2 Å². The molecule has 3 rings (SSSR count). The van der Waals surface area contributed by atoms with Crippen LogP contribution >= 0.6 is 0 Å². The first kappa shape index (κ1) is 14.4. The van der Waals surface area contributed by atoms with Crippen molar-refractivity contribution in [2.24, 2.45) is 0 Å². The molecule has 4 nitrogen and oxygen atoms in total. The van der Waals surface area contributed by atoms with Crippen LogP contribution in [-0.4, -0.2) is 50.4 Å². The summed E-state index contributed by atoms with van der Waals surface area (Å²) >= 11 is 0. The van der Waals surface area contributed by atoms with Crippen LogP contribution in [0.4, 0.5) is 5.69 Å². The predicted octanol–water partition coefficient (Wildman–Crippen LogP) is 2.31. The zero-order valence-corrected chi connectivity index (χ0v) is 12.5. The molecular weight excluding hydrogens is 264 g/mol. The van der Waals surface area contributed by atoms with Crippen molar-refractivity contribution in [2.75, 3.05) is 44.7 Å². The van der Waals surface area contributed by atoms with Gasteiger partial charge >= 0.3 is 0 Å². The Morgan fingerprint density at radius 3 is 3.33 bits per heavy atom. The second kappa shape index (κ2) is 6.96. The van der Waals surface area contributed by atoms with Crippen molar-refractivity contribution in [3.05, 3.63) is 36.4 Å². The molecule has 0 radical (unpaired) electrons. The number of anilines is 1. The van der Waals surface area contributed by atoms with Gasteiger partial charge in [0.1, 0.15) is 18.5 Å². The first-order valence-corrected chi connectivity index (χ1v) is 7.80. The van der Waals surface area contributed by atoms with Gasteiger partial charge in [-0.15, -0.1) is 6.58 Å². The molecule has 1 fully saturated rings. The number of nitrogens with zero attached hydrogens (tertiary/aromatic N) is 1. The lowest BCUT2D eigenvalue weighted by Crippen LogP contribution is -2.44. The maximum Gasteiger partial charge on any atom is 0.142 e. The molecule has 0 amide bonds. The highest BCUT2D eigenvalue weighted by Crippen LogP contribution is 2.32. The molecule has 0 spiro atoms. The van der Waals surface area contributed by atoms with Crippen molar-refractivity contribution in [1.29, 1.82) is 0 Å². The zero-order chi connectivity index (χ0) is 14.5. The molecule has 2 aliphatic heterocycles. The van der Waals surface area contributed by atoms with Gasteiger partial charge in [-0.25, -0.2) is 0 Å². The van der Waals surface area contributed by atoms with Gasteiger partial charge < -0.3 is 14.8 Å². The summed E-state index contributed by atoms with van der Waals surface area (Å²) in [5, 5.41) is 3.46. The molecule has 1 atom stereocenters. The molecule has 1 aromatic carbocycles. The minimum absolute atomic E-state index is 0.137. The molecule has 0 bridgehead atoms. The highest BCUT2D eigenvalue weighted by Gasteiger charge is 2.21. The number of hydrogen-bond acceptors (Lipinski definition) is 4. The largest absolute Gasteiger partial charge is 0.489 e. The van der Waals surface area contributed by atoms with Gasteiger partial charge in [0.2, 0.25) is 0 Å². The normalized spacial score (nSPS) is 22.2. The summed E-state index contributed by atoms with van der Waals surface area (Å²) in [6, 6.07) is 6.30. The second-order valence-corrected chi connectivity index (χ2v) is 5.67. The molecule has 1 N–H and O–H groups in total. The van der Waals surface area contributed by atoms with Gasteiger partial charge in [0.05, 0.1) is 12.3 Å². The fourth-order valence-electron chi connectivity index (χ4n) is 3.01. The summed E-state index contributed by atoms with van der Waals surface area (Å²) in [6.07, 6.45) is 4.41. The van der Waals surface area contributed by atoms with Crippen LogP contribution in [0.2, 0.25) is 0 Å². The van der Waals surface area contributed by atoms with Gasteiger partial charge in [0.25, 0.3) is 0 Å². The molecule has 0 unspecified atom stereocenters.